The molecule has 1 aromatic rings. The summed E-state index contributed by atoms with van der Waals surface area (Å²) in [7, 11) is 0. The zero-order chi connectivity index (χ0) is 19.4. The topological polar surface area (TPSA) is 52.6 Å². The molecule has 4 nitrogen and oxygen atoms in total. The Morgan fingerprint density at radius 3 is 2.12 bits per heavy atom. The summed E-state index contributed by atoms with van der Waals surface area (Å²) in [5, 5.41) is 0.770. The molecule has 0 fully saturated rings. The van der Waals surface area contributed by atoms with Crippen LogP contribution in [0.25, 0.3) is 0 Å². The number of hydrogen-bond acceptors (Lipinski definition) is 4. The molecular formula is C19H25Cl3O4. The lowest BCUT2D eigenvalue weighted by Crippen LogP contribution is -2.09. The molecule has 0 spiro atoms. The molecule has 0 N–H and O–H groups in total. The molecule has 0 radical (unpaired) electrons. The first-order valence-electron chi connectivity index (χ1n) is 8.95. The maximum Gasteiger partial charge on any atom is 0.311 e. The lowest BCUT2D eigenvalue weighted by Gasteiger charge is -2.08. The van der Waals surface area contributed by atoms with Crippen LogP contribution in [0.5, 0.6) is 5.75 Å². The van der Waals surface area contributed by atoms with Crippen LogP contribution in [0.2, 0.25) is 15.1 Å². The van der Waals surface area contributed by atoms with Gasteiger partial charge in [-0.3, -0.25) is 9.59 Å². The summed E-state index contributed by atoms with van der Waals surface area (Å²) >= 11 is 17.7. The predicted molar refractivity (Wildman–Crippen MR) is 105 cm³/mol. The Bertz CT molecular complexity index is 590. The van der Waals surface area contributed by atoms with Gasteiger partial charge in [0.15, 0.2) is 5.75 Å². The van der Waals surface area contributed by atoms with E-state index < -0.39 is 5.97 Å². The summed E-state index contributed by atoms with van der Waals surface area (Å²) in [6, 6.07) is 2.83. The molecule has 146 valence electrons. The maximum atomic E-state index is 11.8. The summed E-state index contributed by atoms with van der Waals surface area (Å²) in [5.41, 5.74) is 0. The summed E-state index contributed by atoms with van der Waals surface area (Å²) in [5.74, 6) is -0.482. The van der Waals surface area contributed by atoms with Gasteiger partial charge in [0.2, 0.25) is 0 Å². The molecule has 0 unspecified atom stereocenters. The molecule has 0 saturated heterocycles. The quantitative estimate of drug-likeness (QED) is 0.164. The fourth-order valence-corrected chi connectivity index (χ4v) is 2.83. The van der Waals surface area contributed by atoms with Gasteiger partial charge in [0.25, 0.3) is 0 Å². The van der Waals surface area contributed by atoms with Crippen LogP contribution in [0.3, 0.4) is 0 Å². The van der Waals surface area contributed by atoms with Gasteiger partial charge in [-0.05, 0) is 25.3 Å². The van der Waals surface area contributed by atoms with E-state index in [9.17, 15) is 9.59 Å². The minimum Gasteiger partial charge on any atom is -0.466 e. The summed E-state index contributed by atoms with van der Waals surface area (Å²) < 4.78 is 10.3. The van der Waals surface area contributed by atoms with Crippen LogP contribution in [0.15, 0.2) is 12.1 Å². The van der Waals surface area contributed by atoms with E-state index >= 15 is 0 Å². The third-order valence-electron chi connectivity index (χ3n) is 3.72. The normalized spacial score (nSPS) is 10.6. The van der Waals surface area contributed by atoms with Crippen molar-refractivity contribution in [3.05, 3.63) is 27.2 Å². The molecule has 0 aliphatic carbocycles. The van der Waals surface area contributed by atoms with Crippen molar-refractivity contribution in [2.24, 2.45) is 0 Å². The van der Waals surface area contributed by atoms with Crippen LogP contribution in [0, 0.1) is 0 Å². The third kappa shape index (κ3) is 9.65. The van der Waals surface area contributed by atoms with E-state index in [1.165, 1.54) is 31.4 Å². The molecule has 0 aromatic heterocycles. The summed E-state index contributed by atoms with van der Waals surface area (Å²) in [6.07, 6.45) is 7.17. The number of carbonyl (C=O) groups is 2. The van der Waals surface area contributed by atoms with Crippen molar-refractivity contribution in [1.29, 1.82) is 0 Å². The van der Waals surface area contributed by atoms with Crippen molar-refractivity contribution in [3.63, 3.8) is 0 Å². The van der Waals surface area contributed by atoms with E-state index in [-0.39, 0.29) is 28.2 Å². The lowest BCUT2D eigenvalue weighted by atomic mass is 10.2. The van der Waals surface area contributed by atoms with Crippen LogP contribution >= 0.6 is 34.8 Å². The van der Waals surface area contributed by atoms with Crippen molar-refractivity contribution in [3.8, 4) is 5.75 Å². The highest BCUT2D eigenvalue weighted by Gasteiger charge is 2.12. The van der Waals surface area contributed by atoms with Crippen LogP contribution in [-0.2, 0) is 14.3 Å². The first-order valence-corrected chi connectivity index (χ1v) is 10.1. The molecule has 0 bridgehead atoms. The van der Waals surface area contributed by atoms with Gasteiger partial charge in [-0.15, -0.1) is 0 Å². The van der Waals surface area contributed by atoms with Crippen molar-refractivity contribution >= 4 is 46.7 Å². The summed E-state index contributed by atoms with van der Waals surface area (Å²) in [6.45, 7) is 2.63. The Morgan fingerprint density at radius 2 is 1.42 bits per heavy atom. The van der Waals surface area contributed by atoms with Crippen molar-refractivity contribution < 1.29 is 19.1 Å². The highest BCUT2D eigenvalue weighted by atomic mass is 35.5. The minimum atomic E-state index is -0.436. The Hall–Kier alpha value is -0.970. The predicted octanol–water partition coefficient (Wildman–Crippen LogP) is 6.63. The number of hydrogen-bond donors (Lipinski definition) is 0. The zero-order valence-corrected chi connectivity index (χ0v) is 17.3. The largest absolute Gasteiger partial charge is 0.466 e. The molecule has 7 heteroatoms. The van der Waals surface area contributed by atoms with Gasteiger partial charge in [-0.25, -0.2) is 0 Å². The number of halogens is 3. The standard InChI is InChI=1S/C19H25Cl3O4/c1-2-3-4-5-8-11-25-18(23)9-6-7-10-19(24)26-17-13-15(21)14(20)12-16(17)22/h12-13H,2-11H2,1H3. The molecule has 26 heavy (non-hydrogen) atoms. The van der Waals surface area contributed by atoms with Gasteiger partial charge in [-0.2, -0.15) is 0 Å². The lowest BCUT2D eigenvalue weighted by molar-refractivity contribution is -0.144. The fraction of sp³-hybridized carbons (Fsp3) is 0.579. The molecule has 0 heterocycles. The average molecular weight is 424 g/mol. The van der Waals surface area contributed by atoms with Crippen LogP contribution in [0.4, 0.5) is 0 Å². The molecular weight excluding hydrogens is 399 g/mol. The van der Waals surface area contributed by atoms with Gasteiger partial charge in [-0.1, -0.05) is 67.4 Å². The molecule has 0 aliphatic heterocycles. The third-order valence-corrected chi connectivity index (χ3v) is 4.74. The molecule has 0 aliphatic rings. The van der Waals surface area contributed by atoms with E-state index in [1.807, 2.05) is 0 Å². The van der Waals surface area contributed by atoms with Gasteiger partial charge >= 0.3 is 11.9 Å². The first-order chi connectivity index (χ1) is 12.4. The van der Waals surface area contributed by atoms with Crippen LogP contribution < -0.4 is 4.74 Å². The smallest absolute Gasteiger partial charge is 0.311 e. The van der Waals surface area contributed by atoms with Crippen LogP contribution in [-0.4, -0.2) is 18.5 Å². The molecule has 1 aromatic carbocycles. The Balaban J connectivity index is 2.14. The molecule has 1 rings (SSSR count). The maximum absolute atomic E-state index is 11.8. The SMILES string of the molecule is CCCCCCCOC(=O)CCCCC(=O)Oc1cc(Cl)c(Cl)cc1Cl. The van der Waals surface area contributed by atoms with E-state index in [0.29, 0.717) is 30.9 Å². The second-order valence-corrected chi connectivity index (χ2v) is 7.23. The van der Waals surface area contributed by atoms with Gasteiger partial charge in [0.05, 0.1) is 21.7 Å². The number of unbranched alkanes of at least 4 members (excludes halogenated alkanes) is 5. The van der Waals surface area contributed by atoms with E-state index in [4.69, 9.17) is 44.3 Å². The monoisotopic (exact) mass is 422 g/mol. The van der Waals surface area contributed by atoms with Crippen molar-refractivity contribution in [2.45, 2.75) is 64.7 Å². The second-order valence-electron chi connectivity index (χ2n) is 6.01. The highest BCUT2D eigenvalue weighted by molar-refractivity contribution is 6.43. The average Bonchev–Trinajstić information content (AvgIpc) is 2.59. The van der Waals surface area contributed by atoms with E-state index in [2.05, 4.69) is 6.92 Å². The van der Waals surface area contributed by atoms with Crippen molar-refractivity contribution in [1.82, 2.24) is 0 Å². The number of ether oxygens (including phenoxy) is 2. The van der Waals surface area contributed by atoms with Gasteiger partial charge < -0.3 is 9.47 Å². The highest BCUT2D eigenvalue weighted by Crippen LogP contribution is 2.34. The van der Waals surface area contributed by atoms with E-state index in [0.717, 1.165) is 12.8 Å². The Labute approximate surface area is 170 Å². The summed E-state index contributed by atoms with van der Waals surface area (Å²) in [4.78, 5) is 23.4. The molecule has 0 saturated carbocycles. The molecule has 0 amide bonds. The zero-order valence-electron chi connectivity index (χ0n) is 15.0. The number of esters is 2. The Morgan fingerprint density at radius 1 is 0.808 bits per heavy atom. The molecule has 0 atom stereocenters. The first kappa shape index (κ1) is 23.1. The Kier molecular flexibility index (Phi) is 11.7. The van der Waals surface area contributed by atoms with Crippen molar-refractivity contribution in [2.75, 3.05) is 6.61 Å². The second kappa shape index (κ2) is 13.2. The van der Waals surface area contributed by atoms with Gasteiger partial charge in [0, 0.05) is 18.9 Å². The number of benzene rings is 1. The van der Waals surface area contributed by atoms with E-state index in [1.54, 1.807) is 0 Å². The van der Waals surface area contributed by atoms with Crippen LogP contribution in [0.1, 0.15) is 64.7 Å². The van der Waals surface area contributed by atoms with Gasteiger partial charge in [0.1, 0.15) is 0 Å². The fourth-order valence-electron chi connectivity index (χ4n) is 2.26. The minimum absolute atomic E-state index is 0.175. The number of rotatable bonds is 12. The number of carbonyl (C=O) groups excluding carboxylic acids is 2.